The number of benzene rings is 1. The van der Waals surface area contributed by atoms with Crippen molar-refractivity contribution in [3.8, 4) is 11.4 Å². The lowest BCUT2D eigenvalue weighted by Crippen LogP contribution is -2.15. The van der Waals surface area contributed by atoms with E-state index in [1.165, 1.54) is 6.07 Å². The molecule has 1 aromatic carbocycles. The minimum absolute atomic E-state index is 0.230. The van der Waals surface area contributed by atoms with Gasteiger partial charge in [0.2, 0.25) is 5.95 Å². The standard InChI is InChI=1S/C13H17FN4/c1-5-18-13(17(3)4)15-12(16-18)10-7-6-9(2)11(14)8-10/h6-8H,5H2,1-4H3. The van der Waals surface area contributed by atoms with Crippen molar-refractivity contribution >= 4 is 5.95 Å². The van der Waals surface area contributed by atoms with Crippen molar-refractivity contribution < 1.29 is 4.39 Å². The molecule has 18 heavy (non-hydrogen) atoms. The molecular formula is C13H17FN4. The summed E-state index contributed by atoms with van der Waals surface area (Å²) in [5, 5.41) is 4.39. The molecule has 0 unspecified atom stereocenters. The van der Waals surface area contributed by atoms with Crippen molar-refractivity contribution in [1.29, 1.82) is 0 Å². The Morgan fingerprint density at radius 3 is 2.56 bits per heavy atom. The van der Waals surface area contributed by atoms with Crippen molar-refractivity contribution in [3.05, 3.63) is 29.6 Å². The molecule has 0 aliphatic carbocycles. The fourth-order valence-electron chi connectivity index (χ4n) is 1.73. The van der Waals surface area contributed by atoms with Crippen LogP contribution in [0.3, 0.4) is 0 Å². The molecule has 1 heterocycles. The van der Waals surface area contributed by atoms with E-state index in [0.717, 1.165) is 12.5 Å². The fourth-order valence-corrected chi connectivity index (χ4v) is 1.73. The third kappa shape index (κ3) is 2.20. The van der Waals surface area contributed by atoms with Gasteiger partial charge in [-0.15, -0.1) is 5.10 Å². The van der Waals surface area contributed by atoms with E-state index in [-0.39, 0.29) is 5.82 Å². The van der Waals surface area contributed by atoms with Gasteiger partial charge in [0.05, 0.1) is 0 Å². The number of anilines is 1. The van der Waals surface area contributed by atoms with E-state index >= 15 is 0 Å². The SMILES string of the molecule is CCn1nc(-c2ccc(C)c(F)c2)nc1N(C)C. The maximum Gasteiger partial charge on any atom is 0.223 e. The monoisotopic (exact) mass is 248 g/mol. The first-order valence-corrected chi connectivity index (χ1v) is 5.91. The second-order valence-electron chi connectivity index (χ2n) is 4.41. The molecule has 4 nitrogen and oxygen atoms in total. The number of hydrogen-bond acceptors (Lipinski definition) is 3. The normalized spacial score (nSPS) is 10.7. The van der Waals surface area contributed by atoms with Crippen LogP contribution in [-0.4, -0.2) is 28.9 Å². The Bertz CT molecular complexity index is 560. The van der Waals surface area contributed by atoms with Gasteiger partial charge >= 0.3 is 0 Å². The molecule has 0 aliphatic rings. The predicted molar refractivity (Wildman–Crippen MR) is 70.2 cm³/mol. The first kappa shape index (κ1) is 12.5. The van der Waals surface area contributed by atoms with Crippen molar-refractivity contribution in [3.63, 3.8) is 0 Å². The largest absolute Gasteiger partial charge is 0.347 e. The molecule has 1 aromatic heterocycles. The minimum atomic E-state index is -0.230. The van der Waals surface area contributed by atoms with Crippen LogP contribution in [-0.2, 0) is 6.54 Å². The van der Waals surface area contributed by atoms with Gasteiger partial charge in [0.25, 0.3) is 0 Å². The Kier molecular flexibility index (Phi) is 3.32. The third-order valence-corrected chi connectivity index (χ3v) is 2.78. The summed E-state index contributed by atoms with van der Waals surface area (Å²) in [6.45, 7) is 4.47. The van der Waals surface area contributed by atoms with Crippen LogP contribution in [0.1, 0.15) is 12.5 Å². The quantitative estimate of drug-likeness (QED) is 0.836. The van der Waals surface area contributed by atoms with Crippen LogP contribution in [0, 0.1) is 12.7 Å². The molecule has 0 aliphatic heterocycles. The maximum absolute atomic E-state index is 13.5. The molecule has 0 saturated carbocycles. The highest BCUT2D eigenvalue weighted by Crippen LogP contribution is 2.21. The highest BCUT2D eigenvalue weighted by molar-refractivity contribution is 5.57. The Morgan fingerprint density at radius 1 is 1.33 bits per heavy atom. The van der Waals surface area contributed by atoms with E-state index in [1.54, 1.807) is 17.7 Å². The zero-order valence-corrected chi connectivity index (χ0v) is 11.1. The summed E-state index contributed by atoms with van der Waals surface area (Å²) in [5.41, 5.74) is 1.33. The van der Waals surface area contributed by atoms with Gasteiger partial charge in [-0.1, -0.05) is 12.1 Å². The summed E-state index contributed by atoms with van der Waals surface area (Å²) in [6.07, 6.45) is 0. The second kappa shape index (κ2) is 4.76. The number of nitrogens with zero attached hydrogens (tertiary/aromatic N) is 4. The summed E-state index contributed by atoms with van der Waals surface area (Å²) < 4.78 is 15.3. The molecule has 0 atom stereocenters. The van der Waals surface area contributed by atoms with Gasteiger partial charge in [0, 0.05) is 26.2 Å². The smallest absolute Gasteiger partial charge is 0.223 e. The zero-order valence-electron chi connectivity index (χ0n) is 11.1. The molecule has 2 rings (SSSR count). The van der Waals surface area contributed by atoms with Crippen LogP contribution in [0.4, 0.5) is 10.3 Å². The first-order valence-electron chi connectivity index (χ1n) is 5.91. The molecule has 0 radical (unpaired) electrons. The van der Waals surface area contributed by atoms with Crippen LogP contribution in [0.25, 0.3) is 11.4 Å². The Hall–Kier alpha value is -1.91. The summed E-state index contributed by atoms with van der Waals surface area (Å²) in [5.74, 6) is 1.10. The van der Waals surface area contributed by atoms with Gasteiger partial charge in [-0.05, 0) is 25.5 Å². The van der Waals surface area contributed by atoms with Crippen molar-refractivity contribution in [2.24, 2.45) is 0 Å². The number of aryl methyl sites for hydroxylation is 2. The van der Waals surface area contributed by atoms with E-state index in [2.05, 4.69) is 10.1 Å². The van der Waals surface area contributed by atoms with Gasteiger partial charge in [-0.25, -0.2) is 9.07 Å². The van der Waals surface area contributed by atoms with Crippen LogP contribution in [0.15, 0.2) is 18.2 Å². The summed E-state index contributed by atoms with van der Waals surface area (Å²) in [6, 6.07) is 5.06. The summed E-state index contributed by atoms with van der Waals surface area (Å²) in [4.78, 5) is 6.33. The van der Waals surface area contributed by atoms with Crippen LogP contribution in [0.2, 0.25) is 0 Å². The molecule has 96 valence electrons. The van der Waals surface area contributed by atoms with Gasteiger partial charge in [0.1, 0.15) is 5.82 Å². The summed E-state index contributed by atoms with van der Waals surface area (Å²) in [7, 11) is 3.82. The molecular weight excluding hydrogens is 231 g/mol. The number of rotatable bonds is 3. The van der Waals surface area contributed by atoms with Crippen LogP contribution in [0.5, 0.6) is 0 Å². The molecule has 2 aromatic rings. The zero-order chi connectivity index (χ0) is 13.3. The second-order valence-corrected chi connectivity index (χ2v) is 4.41. The van der Waals surface area contributed by atoms with Gasteiger partial charge in [-0.2, -0.15) is 4.98 Å². The molecule has 0 spiro atoms. The Labute approximate surface area is 106 Å². The molecule has 0 bridgehead atoms. The Balaban J connectivity index is 2.47. The molecule has 5 heteroatoms. The molecule has 0 saturated heterocycles. The Morgan fingerprint density at radius 2 is 2.06 bits per heavy atom. The highest BCUT2D eigenvalue weighted by Gasteiger charge is 2.12. The topological polar surface area (TPSA) is 34.0 Å². The first-order chi connectivity index (χ1) is 8.52. The lowest BCUT2D eigenvalue weighted by atomic mass is 10.1. The summed E-state index contributed by atoms with van der Waals surface area (Å²) >= 11 is 0. The number of aromatic nitrogens is 3. The van der Waals surface area contributed by atoms with Crippen LogP contribution < -0.4 is 4.90 Å². The third-order valence-electron chi connectivity index (χ3n) is 2.78. The lowest BCUT2D eigenvalue weighted by Gasteiger charge is -2.10. The highest BCUT2D eigenvalue weighted by atomic mass is 19.1. The van der Waals surface area contributed by atoms with E-state index in [9.17, 15) is 4.39 Å². The van der Waals surface area contributed by atoms with E-state index in [1.807, 2.05) is 32.0 Å². The molecule has 0 amide bonds. The van der Waals surface area contributed by atoms with Crippen molar-refractivity contribution in [2.75, 3.05) is 19.0 Å². The van der Waals surface area contributed by atoms with Crippen LogP contribution >= 0.6 is 0 Å². The number of hydrogen-bond donors (Lipinski definition) is 0. The lowest BCUT2D eigenvalue weighted by molar-refractivity contribution is 0.618. The minimum Gasteiger partial charge on any atom is -0.347 e. The van der Waals surface area contributed by atoms with E-state index in [0.29, 0.717) is 17.0 Å². The molecule has 0 fully saturated rings. The van der Waals surface area contributed by atoms with Crippen molar-refractivity contribution in [2.45, 2.75) is 20.4 Å². The average Bonchev–Trinajstić information content (AvgIpc) is 2.77. The van der Waals surface area contributed by atoms with Crippen molar-refractivity contribution in [1.82, 2.24) is 14.8 Å². The molecule has 0 N–H and O–H groups in total. The van der Waals surface area contributed by atoms with E-state index in [4.69, 9.17) is 0 Å². The fraction of sp³-hybridized carbons (Fsp3) is 0.385. The van der Waals surface area contributed by atoms with Gasteiger partial charge in [-0.3, -0.25) is 0 Å². The van der Waals surface area contributed by atoms with E-state index < -0.39 is 0 Å². The van der Waals surface area contributed by atoms with Gasteiger partial charge in [0.15, 0.2) is 5.82 Å². The average molecular weight is 248 g/mol. The van der Waals surface area contributed by atoms with Gasteiger partial charge < -0.3 is 4.90 Å². The number of halogens is 1. The predicted octanol–water partition coefficient (Wildman–Crippen LogP) is 2.48. The maximum atomic E-state index is 13.5.